The van der Waals surface area contributed by atoms with E-state index >= 15 is 0 Å². The lowest BCUT2D eigenvalue weighted by Crippen LogP contribution is -2.21. The number of thiophene rings is 1. The van der Waals surface area contributed by atoms with E-state index in [4.69, 9.17) is 5.73 Å². The van der Waals surface area contributed by atoms with Gasteiger partial charge in [0, 0.05) is 24.5 Å². The van der Waals surface area contributed by atoms with Gasteiger partial charge in [0.05, 0.1) is 0 Å². The van der Waals surface area contributed by atoms with Gasteiger partial charge in [-0.05, 0) is 11.4 Å². The highest BCUT2D eigenvalue weighted by Gasteiger charge is 1.89. The monoisotopic (exact) mass is 156 g/mol. The van der Waals surface area contributed by atoms with E-state index in [1.165, 1.54) is 4.88 Å². The van der Waals surface area contributed by atoms with E-state index in [9.17, 15) is 0 Å². The lowest BCUT2D eigenvalue weighted by atomic mass is 10.4. The van der Waals surface area contributed by atoms with Crippen LogP contribution in [0.4, 0.5) is 0 Å². The summed E-state index contributed by atoms with van der Waals surface area (Å²) in [4.78, 5) is 1.37. The Morgan fingerprint density at radius 3 is 3.10 bits per heavy atom. The van der Waals surface area contributed by atoms with Crippen LogP contribution in [0.2, 0.25) is 0 Å². The molecule has 1 rings (SSSR count). The van der Waals surface area contributed by atoms with Gasteiger partial charge in [0.25, 0.3) is 0 Å². The zero-order chi connectivity index (χ0) is 7.23. The fraction of sp³-hybridized carbons (Fsp3) is 0.429. The molecule has 0 radical (unpaired) electrons. The Morgan fingerprint density at radius 2 is 2.50 bits per heavy atom. The lowest BCUT2D eigenvalue weighted by molar-refractivity contribution is 0.702. The number of hydrogen-bond donors (Lipinski definition) is 2. The standard InChI is InChI=1S/C7H12N2S/c8-3-4-9-6-7-2-1-5-10-7/h1-2,5,9H,3-4,6,8H2. The van der Waals surface area contributed by atoms with Crippen molar-refractivity contribution in [3.05, 3.63) is 22.4 Å². The molecule has 2 nitrogen and oxygen atoms in total. The highest BCUT2D eigenvalue weighted by molar-refractivity contribution is 7.09. The number of nitrogens with two attached hydrogens (primary N) is 1. The normalized spacial score (nSPS) is 10.1. The van der Waals surface area contributed by atoms with Crippen molar-refractivity contribution in [1.29, 1.82) is 0 Å². The third kappa shape index (κ3) is 2.47. The van der Waals surface area contributed by atoms with Crippen molar-refractivity contribution in [2.24, 2.45) is 5.73 Å². The zero-order valence-electron chi connectivity index (χ0n) is 5.84. The Bertz CT molecular complexity index is 160. The Kier molecular flexibility index (Phi) is 3.43. The van der Waals surface area contributed by atoms with E-state index in [0.717, 1.165) is 13.1 Å². The van der Waals surface area contributed by atoms with Crippen molar-refractivity contribution >= 4 is 11.3 Å². The summed E-state index contributed by atoms with van der Waals surface area (Å²) in [6.45, 7) is 2.57. The summed E-state index contributed by atoms with van der Waals surface area (Å²) in [5.41, 5.74) is 5.31. The minimum atomic E-state index is 0.714. The first-order valence-corrected chi connectivity index (χ1v) is 4.24. The van der Waals surface area contributed by atoms with Crippen LogP contribution in [0.25, 0.3) is 0 Å². The van der Waals surface area contributed by atoms with Gasteiger partial charge in [0.2, 0.25) is 0 Å². The van der Waals surface area contributed by atoms with E-state index in [2.05, 4.69) is 22.8 Å². The van der Waals surface area contributed by atoms with Crippen LogP contribution in [0.1, 0.15) is 4.88 Å². The maximum Gasteiger partial charge on any atom is 0.0300 e. The summed E-state index contributed by atoms with van der Waals surface area (Å²) < 4.78 is 0. The van der Waals surface area contributed by atoms with Crippen molar-refractivity contribution in [2.45, 2.75) is 6.54 Å². The molecule has 0 aliphatic rings. The van der Waals surface area contributed by atoms with Crippen LogP contribution in [0.5, 0.6) is 0 Å². The molecule has 3 heteroatoms. The average Bonchev–Trinajstić information content (AvgIpc) is 2.41. The summed E-state index contributed by atoms with van der Waals surface area (Å²) >= 11 is 1.77. The van der Waals surface area contributed by atoms with Crippen molar-refractivity contribution in [3.63, 3.8) is 0 Å². The van der Waals surface area contributed by atoms with Gasteiger partial charge in [-0.15, -0.1) is 11.3 Å². The van der Waals surface area contributed by atoms with E-state index in [-0.39, 0.29) is 0 Å². The van der Waals surface area contributed by atoms with E-state index in [0.29, 0.717) is 6.54 Å². The van der Waals surface area contributed by atoms with E-state index < -0.39 is 0 Å². The highest BCUT2D eigenvalue weighted by Crippen LogP contribution is 2.06. The first-order chi connectivity index (χ1) is 4.93. The van der Waals surface area contributed by atoms with E-state index in [1.807, 2.05) is 0 Å². The smallest absolute Gasteiger partial charge is 0.0300 e. The fourth-order valence-electron chi connectivity index (χ4n) is 0.727. The summed E-state index contributed by atoms with van der Waals surface area (Å²) in [7, 11) is 0. The largest absolute Gasteiger partial charge is 0.329 e. The van der Waals surface area contributed by atoms with Gasteiger partial charge >= 0.3 is 0 Å². The summed E-state index contributed by atoms with van der Waals surface area (Å²) in [5, 5.41) is 5.31. The van der Waals surface area contributed by atoms with Gasteiger partial charge in [0.15, 0.2) is 0 Å². The molecule has 0 bridgehead atoms. The molecule has 10 heavy (non-hydrogen) atoms. The molecule has 0 spiro atoms. The molecular formula is C7H12N2S. The van der Waals surface area contributed by atoms with Crippen LogP contribution in [-0.4, -0.2) is 13.1 Å². The Hall–Kier alpha value is -0.380. The molecule has 3 N–H and O–H groups in total. The number of hydrogen-bond acceptors (Lipinski definition) is 3. The van der Waals surface area contributed by atoms with Crippen LogP contribution >= 0.6 is 11.3 Å². The first-order valence-electron chi connectivity index (χ1n) is 3.36. The van der Waals surface area contributed by atoms with Crippen molar-refractivity contribution in [2.75, 3.05) is 13.1 Å². The van der Waals surface area contributed by atoms with Crippen LogP contribution in [0, 0.1) is 0 Å². The molecule has 0 unspecified atom stereocenters. The van der Waals surface area contributed by atoms with Gasteiger partial charge in [-0.1, -0.05) is 6.07 Å². The Balaban J connectivity index is 2.15. The van der Waals surface area contributed by atoms with Gasteiger partial charge in [-0.2, -0.15) is 0 Å². The predicted molar refractivity (Wildman–Crippen MR) is 45.1 cm³/mol. The van der Waals surface area contributed by atoms with Crippen LogP contribution in [0.15, 0.2) is 17.5 Å². The molecule has 0 amide bonds. The molecule has 0 saturated carbocycles. The molecule has 0 aromatic carbocycles. The summed E-state index contributed by atoms with van der Waals surface area (Å²) in [5.74, 6) is 0. The molecule has 0 saturated heterocycles. The van der Waals surface area contributed by atoms with E-state index in [1.54, 1.807) is 11.3 Å². The second kappa shape index (κ2) is 4.44. The third-order valence-electron chi connectivity index (χ3n) is 1.20. The Labute approximate surface area is 65.1 Å². The second-order valence-corrected chi connectivity index (χ2v) is 3.08. The molecule has 0 fully saturated rings. The minimum absolute atomic E-state index is 0.714. The Morgan fingerprint density at radius 1 is 1.60 bits per heavy atom. The maximum absolute atomic E-state index is 5.31. The third-order valence-corrected chi connectivity index (χ3v) is 2.08. The summed E-state index contributed by atoms with van der Waals surface area (Å²) in [6.07, 6.45) is 0. The molecule has 1 aromatic heterocycles. The van der Waals surface area contributed by atoms with Gasteiger partial charge in [0.1, 0.15) is 0 Å². The van der Waals surface area contributed by atoms with Crippen molar-refractivity contribution in [1.82, 2.24) is 5.32 Å². The van der Waals surface area contributed by atoms with Crippen molar-refractivity contribution < 1.29 is 0 Å². The van der Waals surface area contributed by atoms with Crippen LogP contribution < -0.4 is 11.1 Å². The zero-order valence-corrected chi connectivity index (χ0v) is 6.66. The summed E-state index contributed by atoms with van der Waals surface area (Å²) in [6, 6.07) is 4.18. The molecular weight excluding hydrogens is 144 g/mol. The second-order valence-electron chi connectivity index (χ2n) is 2.04. The highest BCUT2D eigenvalue weighted by atomic mass is 32.1. The molecule has 0 aliphatic heterocycles. The number of nitrogens with one attached hydrogen (secondary N) is 1. The lowest BCUT2D eigenvalue weighted by Gasteiger charge is -1.97. The molecule has 0 atom stereocenters. The first kappa shape index (κ1) is 7.72. The number of rotatable bonds is 4. The molecule has 56 valence electrons. The molecule has 1 aromatic rings. The van der Waals surface area contributed by atoms with Crippen LogP contribution in [-0.2, 0) is 6.54 Å². The fourth-order valence-corrected chi connectivity index (χ4v) is 1.40. The van der Waals surface area contributed by atoms with Gasteiger partial charge in [-0.25, -0.2) is 0 Å². The maximum atomic E-state index is 5.31. The van der Waals surface area contributed by atoms with Gasteiger partial charge in [-0.3, -0.25) is 0 Å². The predicted octanol–water partition coefficient (Wildman–Crippen LogP) is 0.796. The van der Waals surface area contributed by atoms with Gasteiger partial charge < -0.3 is 11.1 Å². The average molecular weight is 156 g/mol. The minimum Gasteiger partial charge on any atom is -0.329 e. The van der Waals surface area contributed by atoms with Crippen molar-refractivity contribution in [3.8, 4) is 0 Å². The quantitative estimate of drug-likeness (QED) is 0.633. The molecule has 0 aliphatic carbocycles. The topological polar surface area (TPSA) is 38.0 Å². The SMILES string of the molecule is NCCNCc1cccs1. The molecule has 1 heterocycles. The van der Waals surface area contributed by atoms with Crippen LogP contribution in [0.3, 0.4) is 0 Å².